The minimum Gasteiger partial charge on any atom is -0.476 e. The smallest absolute Gasteiger partial charge is 0.293 e. The maximum absolute atomic E-state index is 14.6. The molecular weight excluding hydrogens is 977 g/mol. The number of piperidine rings is 1. The topological polar surface area (TPSA) is 183 Å². The number of sulfonamides is 1. The molecule has 5 aromatic rings. The summed E-state index contributed by atoms with van der Waals surface area (Å²) < 4.78 is 56.0. The molecule has 1 unspecified atom stereocenters. The van der Waals surface area contributed by atoms with Crippen LogP contribution in [0.5, 0.6) is 5.88 Å². The van der Waals surface area contributed by atoms with Gasteiger partial charge < -0.3 is 38.6 Å². The highest BCUT2D eigenvalue weighted by Crippen LogP contribution is 2.55. The van der Waals surface area contributed by atoms with E-state index in [-0.39, 0.29) is 23.9 Å². The van der Waals surface area contributed by atoms with E-state index >= 15 is 0 Å². The molecule has 0 radical (unpaired) electrons. The molecule has 4 aliphatic heterocycles. The molecule has 3 saturated heterocycles. The number of fused-ring (bicyclic) bond motifs is 2. The molecular formula is C55H70N8O9SSi. The van der Waals surface area contributed by atoms with Crippen LogP contribution in [-0.4, -0.2) is 120 Å². The number of nitrogens with one attached hydrogen (secondary N) is 2. The highest BCUT2D eigenvalue weighted by Gasteiger charge is 2.50. The van der Waals surface area contributed by atoms with Crippen molar-refractivity contribution >= 4 is 63.5 Å². The number of nitro groups is 1. The third kappa shape index (κ3) is 10.8. The number of pyridine rings is 1. The minimum atomic E-state index is -4.61. The normalized spacial score (nSPS) is 21.5. The Morgan fingerprint density at radius 1 is 0.919 bits per heavy atom. The van der Waals surface area contributed by atoms with Crippen molar-refractivity contribution in [3.8, 4) is 5.88 Å². The molecule has 1 spiro atoms. The summed E-state index contributed by atoms with van der Waals surface area (Å²) in [5.74, 6) is 0.272. The lowest BCUT2D eigenvalue weighted by atomic mass is 9.59. The third-order valence-electron chi connectivity index (χ3n) is 16.3. The van der Waals surface area contributed by atoms with Gasteiger partial charge in [-0.25, -0.2) is 13.1 Å². The van der Waals surface area contributed by atoms with Crippen LogP contribution in [0.1, 0.15) is 91.2 Å². The van der Waals surface area contributed by atoms with Gasteiger partial charge in [0, 0.05) is 76.3 Å². The Labute approximate surface area is 435 Å². The first kappa shape index (κ1) is 50.6. The van der Waals surface area contributed by atoms with Gasteiger partial charge in [0.15, 0.2) is 0 Å². The zero-order valence-corrected chi connectivity index (χ0v) is 44.7. The molecule has 394 valence electrons. The van der Waals surface area contributed by atoms with Gasteiger partial charge >= 0.3 is 0 Å². The number of carbonyl (C=O) groups is 1. The second kappa shape index (κ2) is 20.9. The van der Waals surface area contributed by atoms with Gasteiger partial charge in [-0.15, -0.1) is 0 Å². The third-order valence-corrected chi connectivity index (χ3v) is 19.3. The van der Waals surface area contributed by atoms with E-state index in [2.05, 4.69) is 63.7 Å². The number of aromatic nitrogens is 2. The Balaban J connectivity index is 0.852. The molecule has 0 bridgehead atoms. The summed E-state index contributed by atoms with van der Waals surface area (Å²) in [6, 6.07) is 24.5. The fourth-order valence-electron chi connectivity index (χ4n) is 12.0. The highest BCUT2D eigenvalue weighted by molar-refractivity contribution is 7.90. The molecule has 1 amide bonds. The summed E-state index contributed by atoms with van der Waals surface area (Å²) >= 11 is 0. The Bertz CT molecular complexity index is 2990. The molecule has 2 aromatic heterocycles. The van der Waals surface area contributed by atoms with Gasteiger partial charge in [0.05, 0.1) is 53.6 Å². The summed E-state index contributed by atoms with van der Waals surface area (Å²) in [6.45, 7) is 13.2. The lowest BCUT2D eigenvalue weighted by molar-refractivity contribution is -0.384. The van der Waals surface area contributed by atoms with Gasteiger partial charge in [-0.3, -0.25) is 19.8 Å². The number of benzene rings is 3. The van der Waals surface area contributed by atoms with E-state index in [0.717, 1.165) is 55.0 Å². The molecule has 17 nitrogen and oxygen atoms in total. The van der Waals surface area contributed by atoms with Crippen molar-refractivity contribution in [1.82, 2.24) is 19.2 Å². The number of anilines is 4. The van der Waals surface area contributed by atoms with Crippen molar-refractivity contribution in [2.75, 3.05) is 80.9 Å². The summed E-state index contributed by atoms with van der Waals surface area (Å²) in [5, 5.41) is 16.2. The first-order chi connectivity index (χ1) is 35.7. The number of nitro benzene ring substituents is 1. The van der Waals surface area contributed by atoms with Gasteiger partial charge in [0.1, 0.15) is 23.8 Å². The van der Waals surface area contributed by atoms with Crippen LogP contribution in [0.3, 0.4) is 0 Å². The van der Waals surface area contributed by atoms with Crippen LogP contribution in [0.4, 0.5) is 28.4 Å². The van der Waals surface area contributed by atoms with Crippen LogP contribution in [-0.2, 0) is 31.0 Å². The maximum Gasteiger partial charge on any atom is 0.293 e. The SMILES string of the molecule is C[Si](C)(C)CCOCn1ccc2cc3c(nc21)OCCCN3c1cc(N2CCC3(CC2)CC(N2CCCC2c2ccccc2C2CC2)C3)ccc1C(=O)NS(=O)(=O)c1ccc(NC[C@H]2COCCO2)c([N+](=O)[O-])c1. The largest absolute Gasteiger partial charge is 0.476 e. The van der Waals surface area contributed by atoms with E-state index in [9.17, 15) is 23.3 Å². The molecule has 19 heteroatoms. The predicted octanol–water partition coefficient (Wildman–Crippen LogP) is 9.59. The van der Waals surface area contributed by atoms with E-state index in [1.54, 1.807) is 17.2 Å². The lowest BCUT2D eigenvalue weighted by Crippen LogP contribution is -2.55. The molecule has 74 heavy (non-hydrogen) atoms. The summed E-state index contributed by atoms with van der Waals surface area (Å²) in [7, 11) is -5.88. The Morgan fingerprint density at radius 2 is 1.73 bits per heavy atom. The Hall–Kier alpha value is -5.57. The van der Waals surface area contributed by atoms with E-state index in [4.69, 9.17) is 23.9 Å². The van der Waals surface area contributed by atoms with Crippen LogP contribution in [0, 0.1) is 15.5 Å². The maximum atomic E-state index is 14.6. The standard InChI is InChI=1S/C55H70N8O9SSi/c1-74(2,3)29-28-70-37-60-22-17-39-30-51-54(57-52(39)60)72-25-7-21-62(51)49-31-40(59-23-18-55(19-24-59)33-41(34-55)61-20-6-10-48(61)45-9-5-4-8-44(45)38-11-12-38)13-15-46(49)53(64)58-73(67,68)43-14-16-47(50(32-43)63(65)66)56-35-42-36-69-26-27-71-42/h4-5,8-9,13-17,22,30-32,38,41-42,48,56H,6-7,10-12,18-21,23-29,33-37H2,1-3H3,(H,58,64)/t42-,48?/m0/s1. The van der Waals surface area contributed by atoms with E-state index in [0.29, 0.717) is 93.1 Å². The van der Waals surface area contributed by atoms with Crippen molar-refractivity contribution in [3.63, 3.8) is 0 Å². The van der Waals surface area contributed by atoms with Crippen LogP contribution >= 0.6 is 0 Å². The Kier molecular flexibility index (Phi) is 14.3. The van der Waals surface area contributed by atoms with Gasteiger partial charge in [0.25, 0.3) is 21.6 Å². The fraction of sp³-hybridized carbons (Fsp3) is 0.527. The van der Waals surface area contributed by atoms with Gasteiger partial charge in [0.2, 0.25) is 5.88 Å². The number of nitrogens with zero attached hydrogens (tertiary/aromatic N) is 6. The van der Waals surface area contributed by atoms with Crippen molar-refractivity contribution in [2.45, 2.75) is 119 Å². The Morgan fingerprint density at radius 3 is 2.49 bits per heavy atom. The lowest BCUT2D eigenvalue weighted by Gasteiger charge is -2.56. The first-order valence-corrected chi connectivity index (χ1v) is 31.9. The quantitative estimate of drug-likeness (QED) is 0.0389. The molecule has 3 aromatic carbocycles. The van der Waals surface area contributed by atoms with E-state index in [1.165, 1.54) is 57.2 Å². The molecule has 11 rings (SSSR count). The minimum absolute atomic E-state index is 0.119. The molecule has 2 aliphatic carbocycles. The molecule has 2 N–H and O–H groups in total. The monoisotopic (exact) mass is 1050 g/mol. The van der Waals surface area contributed by atoms with Crippen LogP contribution in [0.2, 0.25) is 25.7 Å². The van der Waals surface area contributed by atoms with Crippen molar-refractivity contribution in [3.05, 3.63) is 106 Å². The number of hydrogen-bond donors (Lipinski definition) is 2. The zero-order valence-electron chi connectivity index (χ0n) is 42.9. The van der Waals surface area contributed by atoms with Gasteiger partial charge in [-0.1, -0.05) is 43.9 Å². The first-order valence-electron chi connectivity index (χ1n) is 26.7. The number of ether oxygens (including phenoxy) is 4. The number of amides is 1. The number of rotatable bonds is 17. The molecule has 2 saturated carbocycles. The summed E-state index contributed by atoms with van der Waals surface area (Å²) in [6.07, 6.45) is 11.9. The van der Waals surface area contributed by atoms with Crippen LogP contribution in [0.25, 0.3) is 11.0 Å². The van der Waals surface area contributed by atoms with Crippen molar-refractivity contribution in [1.29, 1.82) is 0 Å². The van der Waals surface area contributed by atoms with Crippen molar-refractivity contribution in [2.24, 2.45) is 5.41 Å². The molecule has 2 atom stereocenters. The fourth-order valence-corrected chi connectivity index (χ4v) is 13.7. The van der Waals surface area contributed by atoms with Crippen molar-refractivity contribution < 1.29 is 37.1 Å². The molecule has 6 aliphatic rings. The van der Waals surface area contributed by atoms with Crippen LogP contribution in [0.15, 0.2) is 83.9 Å². The van der Waals surface area contributed by atoms with Crippen LogP contribution < -0.4 is 24.6 Å². The van der Waals surface area contributed by atoms with E-state index in [1.807, 2.05) is 39.9 Å². The number of likely N-dealkylation sites (tertiary alicyclic amines) is 1. The highest BCUT2D eigenvalue weighted by atomic mass is 32.2. The second-order valence-electron chi connectivity index (χ2n) is 22.6. The number of carbonyl (C=O) groups excluding carboxylic acids is 1. The molecule has 5 fully saturated rings. The summed E-state index contributed by atoms with van der Waals surface area (Å²) in [4.78, 5) is 38.1. The second-order valence-corrected chi connectivity index (χ2v) is 29.9. The van der Waals surface area contributed by atoms with Gasteiger partial charge in [-0.2, -0.15) is 4.98 Å². The summed E-state index contributed by atoms with van der Waals surface area (Å²) in [5.41, 5.74) is 6.05. The molecule has 6 heterocycles. The predicted molar refractivity (Wildman–Crippen MR) is 288 cm³/mol. The zero-order chi connectivity index (χ0) is 51.2. The average molecular weight is 1050 g/mol. The van der Waals surface area contributed by atoms with E-state index < -0.39 is 39.5 Å². The number of hydrogen-bond acceptors (Lipinski definition) is 14. The van der Waals surface area contributed by atoms with Gasteiger partial charge in [-0.05, 0) is 135 Å². The average Bonchev–Trinajstić information content (AvgIpc) is 4.05.